The van der Waals surface area contributed by atoms with Crippen LogP contribution in [0.3, 0.4) is 0 Å². The van der Waals surface area contributed by atoms with Crippen molar-refractivity contribution in [3.8, 4) is 0 Å². The summed E-state index contributed by atoms with van der Waals surface area (Å²) >= 11 is 0. The van der Waals surface area contributed by atoms with E-state index in [1.54, 1.807) is 0 Å². The number of nitrogens with zero attached hydrogens (tertiary/aromatic N) is 2. The number of primary amides is 1. The number of hydrogen-bond acceptors (Lipinski definition) is 4. The van der Waals surface area contributed by atoms with E-state index in [1.165, 1.54) is 24.9 Å². The third kappa shape index (κ3) is 4.45. The van der Waals surface area contributed by atoms with E-state index in [4.69, 9.17) is 5.73 Å². The molecule has 3 N–H and O–H groups in total. The molecule has 0 aromatic heterocycles. The topological polar surface area (TPSA) is 61.6 Å². The van der Waals surface area contributed by atoms with Gasteiger partial charge in [-0.15, -0.1) is 0 Å². The third-order valence-electron chi connectivity index (χ3n) is 6.62. The van der Waals surface area contributed by atoms with Crippen LogP contribution in [0.4, 0.5) is 0 Å². The second kappa shape index (κ2) is 8.51. The molecule has 5 heteroatoms. The predicted molar refractivity (Wildman–Crippen MR) is 106 cm³/mol. The summed E-state index contributed by atoms with van der Waals surface area (Å²) in [5.74, 6) is 0.557. The van der Waals surface area contributed by atoms with Crippen LogP contribution in [-0.4, -0.2) is 67.1 Å². The highest BCUT2D eigenvalue weighted by molar-refractivity contribution is 5.84. The lowest BCUT2D eigenvalue weighted by molar-refractivity contribution is -0.124. The molecule has 2 aliphatic rings. The Hall–Kier alpha value is -1.43. The van der Waals surface area contributed by atoms with Crippen molar-refractivity contribution in [2.75, 3.05) is 39.8 Å². The van der Waals surface area contributed by atoms with Gasteiger partial charge in [-0.3, -0.25) is 9.69 Å². The maximum atomic E-state index is 11.7. The lowest BCUT2D eigenvalue weighted by Crippen LogP contribution is -2.54. The van der Waals surface area contributed by atoms with Crippen LogP contribution in [-0.2, 0) is 11.2 Å². The number of benzene rings is 1. The maximum absolute atomic E-state index is 11.7. The predicted octanol–water partition coefficient (Wildman–Crippen LogP) is 1.48. The van der Waals surface area contributed by atoms with Gasteiger partial charge in [-0.2, -0.15) is 0 Å². The number of nitrogens with two attached hydrogens (primary N) is 1. The second-order valence-corrected chi connectivity index (χ2v) is 8.17. The van der Waals surface area contributed by atoms with Crippen LogP contribution < -0.4 is 11.1 Å². The number of fused-ring (bicyclic) bond motifs is 1. The SMILES string of the molecule is CNC(C)(CCN1CCC2CCN(CCc3ccccc3)CC21)C(N)=O. The second-order valence-electron chi connectivity index (χ2n) is 8.17. The Morgan fingerprint density at radius 3 is 2.65 bits per heavy atom. The highest BCUT2D eigenvalue weighted by Crippen LogP contribution is 2.32. The van der Waals surface area contributed by atoms with E-state index in [0.717, 1.165) is 44.9 Å². The summed E-state index contributed by atoms with van der Waals surface area (Å²) in [7, 11) is 1.82. The number of piperidine rings is 1. The molecule has 2 saturated heterocycles. The first-order valence-corrected chi connectivity index (χ1v) is 10.0. The molecule has 0 saturated carbocycles. The lowest BCUT2D eigenvalue weighted by atomic mass is 9.91. The molecular weight excluding hydrogens is 324 g/mol. The molecule has 3 rings (SSSR count). The molecule has 0 aliphatic carbocycles. The Labute approximate surface area is 157 Å². The molecule has 26 heavy (non-hydrogen) atoms. The van der Waals surface area contributed by atoms with E-state index in [-0.39, 0.29) is 5.91 Å². The number of amides is 1. The van der Waals surface area contributed by atoms with Crippen molar-refractivity contribution in [3.05, 3.63) is 35.9 Å². The fourth-order valence-corrected chi connectivity index (χ4v) is 4.44. The van der Waals surface area contributed by atoms with Gasteiger partial charge in [-0.25, -0.2) is 0 Å². The van der Waals surface area contributed by atoms with Gasteiger partial charge in [0.05, 0.1) is 5.54 Å². The summed E-state index contributed by atoms with van der Waals surface area (Å²) in [6.07, 6.45) is 4.49. The van der Waals surface area contributed by atoms with Crippen LogP contribution in [0.15, 0.2) is 30.3 Å². The standard InChI is InChI=1S/C21H34N4O/c1-21(23-2,20(22)26)11-15-25-14-10-18-9-13-24(16-19(18)25)12-8-17-6-4-3-5-7-17/h3-7,18-19,23H,8-16H2,1-2H3,(H2,22,26). The van der Waals surface area contributed by atoms with E-state index in [1.807, 2.05) is 14.0 Å². The Morgan fingerprint density at radius 2 is 1.96 bits per heavy atom. The average molecular weight is 359 g/mol. The minimum absolute atomic E-state index is 0.260. The average Bonchev–Trinajstić information content (AvgIpc) is 3.07. The van der Waals surface area contributed by atoms with Crippen LogP contribution in [0.5, 0.6) is 0 Å². The van der Waals surface area contributed by atoms with Crippen LogP contribution >= 0.6 is 0 Å². The molecule has 144 valence electrons. The first kappa shape index (κ1) is 19.3. The van der Waals surface area contributed by atoms with Crippen molar-refractivity contribution in [1.29, 1.82) is 0 Å². The zero-order valence-corrected chi connectivity index (χ0v) is 16.3. The summed E-state index contributed by atoms with van der Waals surface area (Å²) < 4.78 is 0. The Morgan fingerprint density at radius 1 is 1.23 bits per heavy atom. The summed E-state index contributed by atoms with van der Waals surface area (Å²) in [6, 6.07) is 11.4. The van der Waals surface area contributed by atoms with Crippen molar-refractivity contribution < 1.29 is 4.79 Å². The first-order valence-electron chi connectivity index (χ1n) is 10.0. The van der Waals surface area contributed by atoms with E-state index >= 15 is 0 Å². The van der Waals surface area contributed by atoms with Crippen LogP contribution in [0, 0.1) is 5.92 Å². The quantitative estimate of drug-likeness (QED) is 0.739. The van der Waals surface area contributed by atoms with E-state index in [2.05, 4.69) is 45.4 Å². The highest BCUT2D eigenvalue weighted by Gasteiger charge is 2.39. The molecule has 5 nitrogen and oxygen atoms in total. The molecule has 0 spiro atoms. The molecule has 0 radical (unpaired) electrons. The monoisotopic (exact) mass is 358 g/mol. The maximum Gasteiger partial charge on any atom is 0.237 e. The van der Waals surface area contributed by atoms with E-state index < -0.39 is 5.54 Å². The van der Waals surface area contributed by atoms with Gasteiger partial charge in [0.25, 0.3) is 0 Å². The van der Waals surface area contributed by atoms with Gasteiger partial charge >= 0.3 is 0 Å². The number of rotatable bonds is 8. The number of hydrogen-bond donors (Lipinski definition) is 2. The molecule has 1 aromatic carbocycles. The number of carbonyl (C=O) groups excluding carboxylic acids is 1. The molecule has 1 aromatic rings. The van der Waals surface area contributed by atoms with Gasteiger partial charge in [0, 0.05) is 25.7 Å². The largest absolute Gasteiger partial charge is 0.368 e. The van der Waals surface area contributed by atoms with Gasteiger partial charge in [0.1, 0.15) is 0 Å². The zero-order valence-electron chi connectivity index (χ0n) is 16.3. The molecule has 0 bridgehead atoms. The summed E-state index contributed by atoms with van der Waals surface area (Å²) in [6.45, 7) is 7.52. The van der Waals surface area contributed by atoms with Crippen molar-refractivity contribution in [2.45, 2.75) is 44.2 Å². The van der Waals surface area contributed by atoms with Gasteiger partial charge in [-0.1, -0.05) is 30.3 Å². The molecule has 2 aliphatic heterocycles. The number of likely N-dealkylation sites (tertiary alicyclic amines) is 2. The minimum Gasteiger partial charge on any atom is -0.368 e. The normalized spacial score (nSPS) is 26.4. The van der Waals surface area contributed by atoms with Crippen LogP contribution in [0.1, 0.15) is 31.7 Å². The van der Waals surface area contributed by atoms with Crippen LogP contribution in [0.25, 0.3) is 0 Å². The number of nitrogens with one attached hydrogen (secondary N) is 1. The molecule has 2 heterocycles. The van der Waals surface area contributed by atoms with Gasteiger partial charge in [0.15, 0.2) is 0 Å². The summed E-state index contributed by atoms with van der Waals surface area (Å²) in [4.78, 5) is 17.0. The number of carbonyl (C=O) groups is 1. The van der Waals surface area contributed by atoms with Crippen molar-refractivity contribution >= 4 is 5.91 Å². The van der Waals surface area contributed by atoms with E-state index in [0.29, 0.717) is 6.04 Å². The molecular formula is C21H34N4O. The Kier molecular flexibility index (Phi) is 6.33. The summed E-state index contributed by atoms with van der Waals surface area (Å²) in [5.41, 5.74) is 6.40. The number of likely N-dealkylation sites (N-methyl/N-ethyl adjacent to an activating group) is 1. The highest BCUT2D eigenvalue weighted by atomic mass is 16.1. The van der Waals surface area contributed by atoms with Crippen molar-refractivity contribution in [3.63, 3.8) is 0 Å². The van der Waals surface area contributed by atoms with Crippen molar-refractivity contribution in [1.82, 2.24) is 15.1 Å². The fraction of sp³-hybridized carbons (Fsp3) is 0.667. The van der Waals surface area contributed by atoms with Gasteiger partial charge in [0.2, 0.25) is 5.91 Å². The molecule has 2 fully saturated rings. The van der Waals surface area contributed by atoms with Crippen LogP contribution in [0.2, 0.25) is 0 Å². The zero-order chi connectivity index (χ0) is 18.6. The Balaban J connectivity index is 1.52. The molecule has 1 amide bonds. The Bertz CT molecular complexity index is 593. The smallest absolute Gasteiger partial charge is 0.237 e. The minimum atomic E-state index is -0.611. The lowest BCUT2D eigenvalue weighted by Gasteiger charge is -2.39. The third-order valence-corrected chi connectivity index (χ3v) is 6.62. The molecule has 3 atom stereocenters. The van der Waals surface area contributed by atoms with Gasteiger partial charge in [-0.05, 0) is 64.2 Å². The summed E-state index contributed by atoms with van der Waals surface area (Å²) in [5, 5.41) is 3.11. The van der Waals surface area contributed by atoms with E-state index in [9.17, 15) is 4.79 Å². The van der Waals surface area contributed by atoms with Crippen molar-refractivity contribution in [2.24, 2.45) is 11.7 Å². The first-order chi connectivity index (χ1) is 12.5. The van der Waals surface area contributed by atoms with Gasteiger partial charge < -0.3 is 16.0 Å². The fourth-order valence-electron chi connectivity index (χ4n) is 4.44. The molecule has 3 unspecified atom stereocenters.